The molecule has 1 N–H and O–H groups in total. The summed E-state index contributed by atoms with van der Waals surface area (Å²) in [6.45, 7) is 0. The van der Waals surface area contributed by atoms with Crippen LogP contribution in [-0.4, -0.2) is 5.91 Å². The molecule has 1 aliphatic carbocycles. The Kier molecular flexibility index (Phi) is 4.02. The number of carbonyl (C=O) groups excluding carboxylic acids is 1. The zero-order valence-corrected chi connectivity index (χ0v) is 14.4. The Morgan fingerprint density at radius 2 is 2.04 bits per heavy atom. The van der Waals surface area contributed by atoms with Crippen LogP contribution in [0.25, 0.3) is 10.1 Å². The van der Waals surface area contributed by atoms with Gasteiger partial charge >= 0.3 is 0 Å². The lowest BCUT2D eigenvalue weighted by Crippen LogP contribution is -2.30. The number of amides is 1. The van der Waals surface area contributed by atoms with Crippen molar-refractivity contribution in [3.05, 3.63) is 69.3 Å². The van der Waals surface area contributed by atoms with Crippen LogP contribution >= 0.6 is 22.9 Å². The summed E-state index contributed by atoms with van der Waals surface area (Å²) in [5, 5.41) is 3.61. The van der Waals surface area contributed by atoms with Crippen LogP contribution in [0.2, 0.25) is 5.02 Å². The molecule has 3 aromatic rings. The third-order valence-electron chi connectivity index (χ3n) is 4.49. The van der Waals surface area contributed by atoms with Crippen molar-refractivity contribution >= 4 is 38.9 Å². The van der Waals surface area contributed by atoms with Gasteiger partial charge in [0.2, 0.25) is 0 Å². The van der Waals surface area contributed by atoms with E-state index in [1.807, 2.05) is 12.1 Å². The van der Waals surface area contributed by atoms with Gasteiger partial charge in [0.15, 0.2) is 0 Å². The van der Waals surface area contributed by atoms with E-state index in [9.17, 15) is 9.18 Å². The van der Waals surface area contributed by atoms with Gasteiger partial charge in [-0.3, -0.25) is 4.79 Å². The largest absolute Gasteiger partial charge is 0.344 e. The molecule has 0 aliphatic heterocycles. The molecule has 24 heavy (non-hydrogen) atoms. The highest BCUT2D eigenvalue weighted by Crippen LogP contribution is 2.37. The smallest absolute Gasteiger partial charge is 0.263 e. The molecule has 1 amide bonds. The van der Waals surface area contributed by atoms with Gasteiger partial charge < -0.3 is 5.32 Å². The number of rotatable bonds is 2. The Morgan fingerprint density at radius 3 is 2.88 bits per heavy atom. The maximum atomic E-state index is 14.0. The van der Waals surface area contributed by atoms with Gasteiger partial charge in [0.1, 0.15) is 10.7 Å². The van der Waals surface area contributed by atoms with E-state index in [-0.39, 0.29) is 17.0 Å². The Balaban J connectivity index is 1.66. The van der Waals surface area contributed by atoms with Crippen LogP contribution in [0.3, 0.4) is 0 Å². The van der Waals surface area contributed by atoms with E-state index in [0.717, 1.165) is 19.3 Å². The van der Waals surface area contributed by atoms with Crippen molar-refractivity contribution in [1.29, 1.82) is 0 Å². The van der Waals surface area contributed by atoms with Crippen molar-refractivity contribution in [2.45, 2.75) is 25.3 Å². The molecule has 2 aromatic carbocycles. The molecule has 0 spiro atoms. The summed E-state index contributed by atoms with van der Waals surface area (Å²) in [4.78, 5) is 13.1. The molecule has 1 atom stereocenters. The summed E-state index contributed by atoms with van der Waals surface area (Å²) in [7, 11) is 0. The van der Waals surface area contributed by atoms with Gasteiger partial charge in [-0.1, -0.05) is 41.9 Å². The van der Waals surface area contributed by atoms with Gasteiger partial charge in [0.25, 0.3) is 5.91 Å². The predicted molar refractivity (Wildman–Crippen MR) is 96.4 cm³/mol. The third-order valence-corrected chi connectivity index (χ3v) is 6.13. The summed E-state index contributed by atoms with van der Waals surface area (Å²) in [5.41, 5.74) is 2.45. The van der Waals surface area contributed by atoms with Gasteiger partial charge in [-0.2, -0.15) is 0 Å². The number of aryl methyl sites for hydroxylation is 1. The summed E-state index contributed by atoms with van der Waals surface area (Å²) >= 11 is 7.52. The van der Waals surface area contributed by atoms with E-state index >= 15 is 0 Å². The van der Waals surface area contributed by atoms with Gasteiger partial charge in [0.05, 0.1) is 11.1 Å². The molecule has 0 radical (unpaired) electrons. The SMILES string of the molecule is O=C(N[C@H]1CCCc2ccccc21)c1sc2cccc(F)c2c1Cl. The average Bonchev–Trinajstić information content (AvgIpc) is 2.93. The van der Waals surface area contributed by atoms with Crippen LogP contribution in [0.5, 0.6) is 0 Å². The van der Waals surface area contributed by atoms with Crippen LogP contribution in [0.1, 0.15) is 39.7 Å². The van der Waals surface area contributed by atoms with Crippen molar-refractivity contribution in [3.63, 3.8) is 0 Å². The minimum absolute atomic E-state index is 0.0198. The number of carbonyl (C=O) groups is 1. The minimum atomic E-state index is -0.393. The minimum Gasteiger partial charge on any atom is -0.344 e. The molecule has 122 valence electrons. The average molecular weight is 360 g/mol. The molecule has 0 unspecified atom stereocenters. The van der Waals surface area contributed by atoms with Crippen molar-refractivity contribution in [3.8, 4) is 0 Å². The summed E-state index contributed by atoms with van der Waals surface area (Å²) in [6, 6.07) is 12.9. The molecular formula is C19H15ClFNOS. The molecule has 1 aliphatic rings. The third kappa shape index (κ3) is 2.60. The number of halogens is 2. The highest BCUT2D eigenvalue weighted by atomic mass is 35.5. The van der Waals surface area contributed by atoms with Crippen molar-refractivity contribution in [2.75, 3.05) is 0 Å². The van der Waals surface area contributed by atoms with E-state index in [1.165, 1.54) is 28.5 Å². The van der Waals surface area contributed by atoms with Crippen LogP contribution in [-0.2, 0) is 6.42 Å². The number of fused-ring (bicyclic) bond motifs is 2. The molecule has 0 saturated heterocycles. The summed E-state index contributed by atoms with van der Waals surface area (Å²) in [6.07, 6.45) is 2.98. The zero-order valence-electron chi connectivity index (χ0n) is 12.8. The standard InChI is InChI=1S/C19H15ClFNOS/c20-17-16-13(21)8-4-10-15(16)24-18(17)19(23)22-14-9-3-6-11-5-1-2-7-12(11)14/h1-2,4-5,7-8,10,14H,3,6,9H2,(H,22,23)/t14-/m0/s1. The summed E-state index contributed by atoms with van der Waals surface area (Å²) < 4.78 is 14.7. The zero-order chi connectivity index (χ0) is 16.7. The topological polar surface area (TPSA) is 29.1 Å². The Labute approximate surface area is 148 Å². The van der Waals surface area contributed by atoms with E-state index < -0.39 is 5.82 Å². The lowest BCUT2D eigenvalue weighted by molar-refractivity contribution is 0.0937. The van der Waals surface area contributed by atoms with E-state index in [0.29, 0.717) is 15.0 Å². The maximum absolute atomic E-state index is 14.0. The first-order valence-corrected chi connectivity index (χ1v) is 9.10. The highest BCUT2D eigenvalue weighted by molar-refractivity contribution is 7.21. The first kappa shape index (κ1) is 15.6. The molecule has 0 saturated carbocycles. The second-order valence-corrected chi connectivity index (χ2v) is 7.41. The van der Waals surface area contributed by atoms with Crippen molar-refractivity contribution in [1.82, 2.24) is 5.32 Å². The van der Waals surface area contributed by atoms with Gasteiger partial charge in [-0.25, -0.2) is 4.39 Å². The molecule has 0 fully saturated rings. The maximum Gasteiger partial charge on any atom is 0.263 e. The lowest BCUT2D eigenvalue weighted by atomic mass is 9.88. The van der Waals surface area contributed by atoms with Crippen LogP contribution in [0.4, 0.5) is 4.39 Å². The number of hydrogen-bond donors (Lipinski definition) is 1. The monoisotopic (exact) mass is 359 g/mol. The normalized spacial score (nSPS) is 16.8. The van der Waals surface area contributed by atoms with Gasteiger partial charge in [0, 0.05) is 10.1 Å². The number of thiophene rings is 1. The Bertz CT molecular complexity index is 936. The second kappa shape index (κ2) is 6.19. The van der Waals surface area contributed by atoms with Crippen molar-refractivity contribution in [2.24, 2.45) is 0 Å². The van der Waals surface area contributed by atoms with Crippen LogP contribution in [0, 0.1) is 5.82 Å². The number of benzene rings is 2. The quantitative estimate of drug-likeness (QED) is 0.643. The summed E-state index contributed by atoms with van der Waals surface area (Å²) in [5.74, 6) is -0.627. The molecule has 4 rings (SSSR count). The van der Waals surface area contributed by atoms with E-state index in [4.69, 9.17) is 11.6 Å². The Morgan fingerprint density at radius 1 is 1.21 bits per heavy atom. The van der Waals surface area contributed by atoms with Crippen LogP contribution in [0.15, 0.2) is 42.5 Å². The number of nitrogens with one attached hydrogen (secondary N) is 1. The molecular weight excluding hydrogens is 345 g/mol. The Hall–Kier alpha value is -1.91. The highest BCUT2D eigenvalue weighted by Gasteiger charge is 2.25. The van der Waals surface area contributed by atoms with Gasteiger partial charge in [-0.15, -0.1) is 11.3 Å². The van der Waals surface area contributed by atoms with Crippen LogP contribution < -0.4 is 5.32 Å². The molecule has 5 heteroatoms. The molecule has 1 heterocycles. The first-order valence-electron chi connectivity index (χ1n) is 7.90. The molecule has 1 aromatic heterocycles. The van der Waals surface area contributed by atoms with E-state index in [1.54, 1.807) is 12.1 Å². The van der Waals surface area contributed by atoms with E-state index in [2.05, 4.69) is 17.4 Å². The number of hydrogen-bond acceptors (Lipinski definition) is 2. The molecule has 2 nitrogen and oxygen atoms in total. The fourth-order valence-corrected chi connectivity index (χ4v) is 4.81. The fraction of sp³-hybridized carbons (Fsp3) is 0.211. The van der Waals surface area contributed by atoms with Crippen molar-refractivity contribution < 1.29 is 9.18 Å². The second-order valence-electron chi connectivity index (χ2n) is 5.98. The molecule has 0 bridgehead atoms. The first-order chi connectivity index (χ1) is 11.6. The van der Waals surface area contributed by atoms with Gasteiger partial charge in [-0.05, 0) is 42.5 Å². The predicted octanol–water partition coefficient (Wildman–Crippen LogP) is 5.50. The lowest BCUT2D eigenvalue weighted by Gasteiger charge is -2.26. The fourth-order valence-electron chi connectivity index (χ4n) is 3.34.